The Labute approximate surface area is 186 Å². The minimum absolute atomic E-state index is 0. The standard InChI is InChI=1S/C19H22ClN5S.HI/c1-22-19(23-13-16-4-2-3-15(11-16)12-21)25-9-7-24(8-10-25)14-17-5-6-18(20)26-17;/h2-6,11H,7-10,13-14H2,1H3,(H,22,23);1H. The van der Waals surface area contributed by atoms with Crippen molar-refractivity contribution in [3.05, 3.63) is 56.7 Å². The van der Waals surface area contributed by atoms with Crippen LogP contribution in [0.5, 0.6) is 0 Å². The van der Waals surface area contributed by atoms with Crippen LogP contribution in [0.15, 0.2) is 41.4 Å². The molecule has 0 spiro atoms. The average molecular weight is 516 g/mol. The highest BCUT2D eigenvalue weighted by Gasteiger charge is 2.20. The van der Waals surface area contributed by atoms with Gasteiger partial charge < -0.3 is 10.2 Å². The van der Waals surface area contributed by atoms with Crippen LogP contribution >= 0.6 is 46.9 Å². The fourth-order valence-corrected chi connectivity index (χ4v) is 4.17. The zero-order valence-corrected chi connectivity index (χ0v) is 19.1. The van der Waals surface area contributed by atoms with Crippen molar-refractivity contribution in [2.75, 3.05) is 33.2 Å². The van der Waals surface area contributed by atoms with Crippen molar-refractivity contribution in [3.8, 4) is 6.07 Å². The molecule has 1 saturated heterocycles. The molecule has 1 aromatic carbocycles. The van der Waals surface area contributed by atoms with Crippen LogP contribution < -0.4 is 5.32 Å². The molecule has 1 aromatic heterocycles. The zero-order valence-electron chi connectivity index (χ0n) is 15.2. The molecule has 0 saturated carbocycles. The Hall–Kier alpha value is -1.34. The lowest BCUT2D eigenvalue weighted by Gasteiger charge is -2.36. The lowest BCUT2D eigenvalue weighted by Crippen LogP contribution is -2.51. The maximum atomic E-state index is 9.01. The number of nitrogens with zero attached hydrogens (tertiary/aromatic N) is 4. The molecule has 5 nitrogen and oxygen atoms in total. The lowest BCUT2D eigenvalue weighted by molar-refractivity contribution is 0.173. The van der Waals surface area contributed by atoms with E-state index in [1.807, 2.05) is 37.4 Å². The van der Waals surface area contributed by atoms with Crippen LogP contribution in [-0.2, 0) is 13.1 Å². The van der Waals surface area contributed by atoms with Crippen molar-refractivity contribution >= 4 is 52.9 Å². The van der Waals surface area contributed by atoms with Gasteiger partial charge in [0.2, 0.25) is 0 Å². The SMILES string of the molecule is CN=C(NCc1cccc(C#N)c1)N1CCN(Cc2ccc(Cl)s2)CC1.I. The summed E-state index contributed by atoms with van der Waals surface area (Å²) in [7, 11) is 1.81. The molecular formula is C19H23ClIN5S. The van der Waals surface area contributed by atoms with Gasteiger partial charge in [0.15, 0.2) is 5.96 Å². The average Bonchev–Trinajstić information content (AvgIpc) is 3.08. The third kappa shape index (κ3) is 6.35. The summed E-state index contributed by atoms with van der Waals surface area (Å²) in [6.45, 7) is 5.50. The third-order valence-electron chi connectivity index (χ3n) is 4.40. The van der Waals surface area contributed by atoms with Crippen molar-refractivity contribution in [2.24, 2.45) is 4.99 Å². The molecule has 27 heavy (non-hydrogen) atoms. The third-order valence-corrected chi connectivity index (χ3v) is 5.61. The second-order valence-electron chi connectivity index (χ2n) is 6.18. The van der Waals surface area contributed by atoms with E-state index in [0.717, 1.165) is 48.6 Å². The van der Waals surface area contributed by atoms with Crippen molar-refractivity contribution in [2.45, 2.75) is 13.1 Å². The number of thiophene rings is 1. The van der Waals surface area contributed by atoms with Crippen LogP contribution in [0.1, 0.15) is 16.0 Å². The normalized spacial score (nSPS) is 15.1. The number of piperazine rings is 1. The molecule has 8 heteroatoms. The first kappa shape index (κ1) is 22.0. The molecule has 0 aliphatic carbocycles. The molecule has 1 N–H and O–H groups in total. The maximum absolute atomic E-state index is 9.01. The predicted molar refractivity (Wildman–Crippen MR) is 123 cm³/mol. The van der Waals surface area contributed by atoms with E-state index in [4.69, 9.17) is 16.9 Å². The highest BCUT2D eigenvalue weighted by Crippen LogP contribution is 2.23. The first-order chi connectivity index (χ1) is 12.7. The van der Waals surface area contributed by atoms with Crippen LogP contribution in [0, 0.1) is 11.3 Å². The summed E-state index contributed by atoms with van der Waals surface area (Å²) in [6, 6.07) is 13.9. The highest BCUT2D eigenvalue weighted by atomic mass is 127. The first-order valence-electron chi connectivity index (χ1n) is 8.59. The van der Waals surface area contributed by atoms with Crippen LogP contribution in [0.4, 0.5) is 0 Å². The van der Waals surface area contributed by atoms with Crippen LogP contribution in [-0.4, -0.2) is 49.0 Å². The van der Waals surface area contributed by atoms with Gasteiger partial charge in [0, 0.05) is 51.2 Å². The van der Waals surface area contributed by atoms with Gasteiger partial charge in [0.1, 0.15) is 0 Å². The number of hydrogen-bond donors (Lipinski definition) is 1. The van der Waals surface area contributed by atoms with E-state index in [0.29, 0.717) is 12.1 Å². The summed E-state index contributed by atoms with van der Waals surface area (Å²) in [6.07, 6.45) is 0. The van der Waals surface area contributed by atoms with E-state index in [1.54, 1.807) is 11.3 Å². The van der Waals surface area contributed by atoms with E-state index in [9.17, 15) is 0 Å². The van der Waals surface area contributed by atoms with E-state index >= 15 is 0 Å². The van der Waals surface area contributed by atoms with Gasteiger partial charge in [-0.15, -0.1) is 35.3 Å². The zero-order chi connectivity index (χ0) is 18.4. The molecule has 3 rings (SSSR count). The number of benzene rings is 1. The van der Waals surface area contributed by atoms with Crippen molar-refractivity contribution in [1.82, 2.24) is 15.1 Å². The van der Waals surface area contributed by atoms with Gasteiger partial charge in [-0.3, -0.25) is 9.89 Å². The Bertz CT molecular complexity index is 808. The molecule has 0 bridgehead atoms. The second-order valence-corrected chi connectivity index (χ2v) is 7.98. The molecule has 0 atom stereocenters. The van der Waals surface area contributed by atoms with Gasteiger partial charge in [-0.1, -0.05) is 23.7 Å². The largest absolute Gasteiger partial charge is 0.352 e. The maximum Gasteiger partial charge on any atom is 0.194 e. The van der Waals surface area contributed by atoms with Gasteiger partial charge in [-0.2, -0.15) is 5.26 Å². The molecule has 1 fully saturated rings. The molecule has 0 amide bonds. The Morgan fingerprint density at radius 2 is 2.04 bits per heavy atom. The number of rotatable bonds is 4. The fraction of sp³-hybridized carbons (Fsp3) is 0.368. The quantitative estimate of drug-likeness (QED) is 0.382. The number of nitriles is 1. The smallest absolute Gasteiger partial charge is 0.194 e. The Kier molecular flexibility index (Phi) is 8.83. The first-order valence-corrected chi connectivity index (χ1v) is 9.78. The molecule has 2 heterocycles. The van der Waals surface area contributed by atoms with Gasteiger partial charge in [0.25, 0.3) is 0 Å². The van der Waals surface area contributed by atoms with Crippen LogP contribution in [0.25, 0.3) is 0 Å². The Balaban J connectivity index is 0.00000261. The monoisotopic (exact) mass is 515 g/mol. The Morgan fingerprint density at radius 1 is 1.26 bits per heavy atom. The summed E-state index contributed by atoms with van der Waals surface area (Å²) >= 11 is 7.67. The molecule has 1 aliphatic heterocycles. The van der Waals surface area contributed by atoms with Gasteiger partial charge in [-0.25, -0.2) is 0 Å². The van der Waals surface area contributed by atoms with E-state index in [2.05, 4.69) is 32.2 Å². The minimum atomic E-state index is 0. The molecular weight excluding hydrogens is 493 g/mol. The van der Waals surface area contributed by atoms with E-state index < -0.39 is 0 Å². The summed E-state index contributed by atoms with van der Waals surface area (Å²) in [5, 5.41) is 12.4. The number of aliphatic imine (C=N–C) groups is 1. The van der Waals surface area contributed by atoms with Crippen LogP contribution in [0.3, 0.4) is 0 Å². The number of nitrogens with one attached hydrogen (secondary N) is 1. The van der Waals surface area contributed by atoms with E-state index in [-0.39, 0.29) is 24.0 Å². The number of hydrogen-bond acceptors (Lipinski definition) is 4. The lowest BCUT2D eigenvalue weighted by atomic mass is 10.1. The fourth-order valence-electron chi connectivity index (χ4n) is 3.04. The van der Waals surface area contributed by atoms with Crippen molar-refractivity contribution in [1.29, 1.82) is 5.26 Å². The number of halogens is 2. The van der Waals surface area contributed by atoms with Crippen molar-refractivity contribution in [3.63, 3.8) is 0 Å². The predicted octanol–water partition coefficient (Wildman–Crippen LogP) is 3.78. The minimum Gasteiger partial charge on any atom is -0.352 e. The second kappa shape index (κ2) is 10.9. The Morgan fingerprint density at radius 3 is 2.67 bits per heavy atom. The van der Waals surface area contributed by atoms with Crippen LogP contribution in [0.2, 0.25) is 4.34 Å². The molecule has 2 aromatic rings. The summed E-state index contributed by atoms with van der Waals surface area (Å²) < 4.78 is 0.851. The van der Waals surface area contributed by atoms with Gasteiger partial charge in [0.05, 0.1) is 16.0 Å². The molecule has 0 radical (unpaired) electrons. The van der Waals surface area contributed by atoms with Crippen molar-refractivity contribution < 1.29 is 0 Å². The summed E-state index contributed by atoms with van der Waals surface area (Å²) in [5.41, 5.74) is 1.76. The van der Waals surface area contributed by atoms with E-state index in [1.165, 1.54) is 4.88 Å². The highest BCUT2D eigenvalue weighted by molar-refractivity contribution is 14.0. The summed E-state index contributed by atoms with van der Waals surface area (Å²) in [5.74, 6) is 0.908. The number of guanidine groups is 1. The molecule has 144 valence electrons. The molecule has 1 aliphatic rings. The van der Waals surface area contributed by atoms with Gasteiger partial charge in [-0.05, 0) is 29.8 Å². The summed E-state index contributed by atoms with van der Waals surface area (Å²) in [4.78, 5) is 10.5. The molecule has 0 unspecified atom stereocenters. The topological polar surface area (TPSA) is 54.7 Å². The van der Waals surface area contributed by atoms with Gasteiger partial charge >= 0.3 is 0 Å².